The lowest BCUT2D eigenvalue weighted by Crippen LogP contribution is -1.96. The van der Waals surface area contributed by atoms with Crippen molar-refractivity contribution < 1.29 is 0 Å². The summed E-state index contributed by atoms with van der Waals surface area (Å²) in [5.41, 5.74) is 1.35. The van der Waals surface area contributed by atoms with Gasteiger partial charge in [-0.05, 0) is 35.9 Å². The van der Waals surface area contributed by atoms with Gasteiger partial charge in [0, 0.05) is 5.69 Å². The maximum absolute atomic E-state index is 8.67. The van der Waals surface area contributed by atoms with Gasteiger partial charge in [-0.3, -0.25) is 0 Å². The number of nitriles is 1. The summed E-state index contributed by atoms with van der Waals surface area (Å²) >= 11 is 11.6. The Hall–Kier alpha value is -1.83. The number of aromatic nitrogens is 2. The molecule has 0 aliphatic rings. The zero-order valence-corrected chi connectivity index (χ0v) is 10.00. The monoisotopic (exact) mass is 264 g/mol. The van der Waals surface area contributed by atoms with E-state index >= 15 is 0 Å². The lowest BCUT2D eigenvalue weighted by atomic mass is 10.2. The smallest absolute Gasteiger partial charge is 0.224 e. The van der Waals surface area contributed by atoms with Crippen molar-refractivity contribution >= 4 is 34.7 Å². The van der Waals surface area contributed by atoms with E-state index in [4.69, 9.17) is 28.5 Å². The van der Waals surface area contributed by atoms with Crippen LogP contribution in [0.15, 0.2) is 30.5 Å². The number of nitrogens with zero attached hydrogens (tertiary/aromatic N) is 3. The van der Waals surface area contributed by atoms with Gasteiger partial charge in [-0.25, -0.2) is 4.98 Å². The highest BCUT2D eigenvalue weighted by atomic mass is 35.5. The fourth-order valence-corrected chi connectivity index (χ4v) is 1.47. The Kier molecular flexibility index (Phi) is 3.43. The minimum Gasteiger partial charge on any atom is -0.339 e. The molecule has 0 atom stereocenters. The normalized spacial score (nSPS) is 9.71. The lowest BCUT2D eigenvalue weighted by Gasteiger charge is -2.06. The topological polar surface area (TPSA) is 61.6 Å². The van der Waals surface area contributed by atoms with Crippen molar-refractivity contribution in [3.63, 3.8) is 0 Å². The third-order valence-corrected chi connectivity index (χ3v) is 2.45. The summed E-state index contributed by atoms with van der Waals surface area (Å²) in [5, 5.41) is 12.1. The summed E-state index contributed by atoms with van der Waals surface area (Å²) < 4.78 is 0. The minimum absolute atomic E-state index is 0.116. The molecule has 0 aliphatic heterocycles. The summed E-state index contributed by atoms with van der Waals surface area (Å²) in [7, 11) is 0. The summed E-state index contributed by atoms with van der Waals surface area (Å²) in [5.74, 6) is 0.427. The SMILES string of the molecule is N#Cc1ccc(Nc2nc(Cl)ncc2Cl)cc1. The number of rotatable bonds is 2. The molecule has 84 valence electrons. The molecule has 1 aromatic heterocycles. The molecule has 0 saturated heterocycles. The number of hydrogen-bond acceptors (Lipinski definition) is 4. The summed E-state index contributed by atoms with van der Waals surface area (Å²) in [6, 6.07) is 8.93. The Bertz CT molecular complexity index is 575. The van der Waals surface area contributed by atoms with Gasteiger partial charge in [-0.15, -0.1) is 0 Å². The summed E-state index contributed by atoms with van der Waals surface area (Å²) in [6.07, 6.45) is 1.42. The van der Waals surface area contributed by atoms with E-state index in [2.05, 4.69) is 15.3 Å². The first-order valence-corrected chi connectivity index (χ1v) is 5.40. The molecule has 1 heterocycles. The van der Waals surface area contributed by atoms with Crippen molar-refractivity contribution in [1.82, 2.24) is 9.97 Å². The van der Waals surface area contributed by atoms with Gasteiger partial charge in [0.25, 0.3) is 0 Å². The van der Waals surface area contributed by atoms with Crippen molar-refractivity contribution in [2.75, 3.05) is 5.32 Å². The molecule has 0 amide bonds. The highest BCUT2D eigenvalue weighted by Crippen LogP contribution is 2.23. The number of anilines is 2. The van der Waals surface area contributed by atoms with Crippen LogP contribution < -0.4 is 5.32 Å². The van der Waals surface area contributed by atoms with Gasteiger partial charge in [-0.2, -0.15) is 10.2 Å². The van der Waals surface area contributed by atoms with Crippen LogP contribution in [0, 0.1) is 11.3 Å². The largest absolute Gasteiger partial charge is 0.339 e. The van der Waals surface area contributed by atoms with Crippen molar-refractivity contribution in [2.45, 2.75) is 0 Å². The number of nitrogens with one attached hydrogen (secondary N) is 1. The van der Waals surface area contributed by atoms with Crippen LogP contribution in [0.1, 0.15) is 5.56 Å². The molecule has 0 fully saturated rings. The third kappa shape index (κ3) is 2.84. The molecule has 17 heavy (non-hydrogen) atoms. The number of halogens is 2. The predicted molar refractivity (Wildman–Crippen MR) is 66.5 cm³/mol. The highest BCUT2D eigenvalue weighted by Gasteiger charge is 2.04. The fourth-order valence-electron chi connectivity index (χ4n) is 1.20. The molecule has 0 spiro atoms. The van der Waals surface area contributed by atoms with Crippen LogP contribution in [-0.4, -0.2) is 9.97 Å². The zero-order valence-electron chi connectivity index (χ0n) is 8.48. The summed E-state index contributed by atoms with van der Waals surface area (Å²) in [6.45, 7) is 0. The maximum atomic E-state index is 8.67. The van der Waals surface area contributed by atoms with Crippen LogP contribution in [0.5, 0.6) is 0 Å². The predicted octanol–water partition coefficient (Wildman–Crippen LogP) is 3.40. The van der Waals surface area contributed by atoms with E-state index in [-0.39, 0.29) is 5.28 Å². The second-order valence-corrected chi connectivity index (χ2v) is 3.89. The highest BCUT2D eigenvalue weighted by molar-refractivity contribution is 6.33. The molecule has 2 rings (SSSR count). The molecule has 0 radical (unpaired) electrons. The third-order valence-electron chi connectivity index (χ3n) is 1.99. The van der Waals surface area contributed by atoms with E-state index < -0.39 is 0 Å². The Morgan fingerprint density at radius 2 is 1.88 bits per heavy atom. The molecular weight excluding hydrogens is 259 g/mol. The molecule has 2 aromatic rings. The molecule has 0 unspecified atom stereocenters. The number of benzene rings is 1. The van der Waals surface area contributed by atoms with Crippen molar-refractivity contribution in [3.05, 3.63) is 46.3 Å². The zero-order chi connectivity index (χ0) is 12.3. The van der Waals surface area contributed by atoms with Crippen LogP contribution in [0.2, 0.25) is 10.3 Å². The van der Waals surface area contributed by atoms with Crippen molar-refractivity contribution in [2.24, 2.45) is 0 Å². The van der Waals surface area contributed by atoms with Gasteiger partial charge in [0.2, 0.25) is 5.28 Å². The van der Waals surface area contributed by atoms with Gasteiger partial charge in [0.15, 0.2) is 5.82 Å². The maximum Gasteiger partial charge on any atom is 0.224 e. The second kappa shape index (κ2) is 5.00. The molecule has 0 aliphatic carbocycles. The molecule has 6 heteroatoms. The van der Waals surface area contributed by atoms with E-state index in [1.807, 2.05) is 6.07 Å². The first kappa shape index (κ1) is 11.6. The van der Waals surface area contributed by atoms with Crippen LogP contribution in [-0.2, 0) is 0 Å². The van der Waals surface area contributed by atoms with Gasteiger partial charge in [-0.1, -0.05) is 11.6 Å². The van der Waals surface area contributed by atoms with E-state index in [1.165, 1.54) is 6.20 Å². The Morgan fingerprint density at radius 3 is 2.53 bits per heavy atom. The van der Waals surface area contributed by atoms with Gasteiger partial charge in [0.1, 0.15) is 5.02 Å². The van der Waals surface area contributed by atoms with Crippen LogP contribution in [0.3, 0.4) is 0 Å². The average molecular weight is 265 g/mol. The van der Waals surface area contributed by atoms with Gasteiger partial charge < -0.3 is 5.32 Å². The van der Waals surface area contributed by atoms with E-state index in [9.17, 15) is 0 Å². The molecule has 0 bridgehead atoms. The van der Waals surface area contributed by atoms with Gasteiger partial charge >= 0.3 is 0 Å². The van der Waals surface area contributed by atoms with Crippen LogP contribution >= 0.6 is 23.2 Å². The molecule has 1 aromatic carbocycles. The van der Waals surface area contributed by atoms with Crippen molar-refractivity contribution in [3.8, 4) is 6.07 Å². The first-order chi connectivity index (χ1) is 8.19. The Morgan fingerprint density at radius 1 is 1.18 bits per heavy atom. The average Bonchev–Trinajstić information content (AvgIpc) is 2.35. The minimum atomic E-state index is 0.116. The van der Waals surface area contributed by atoms with E-state index in [0.717, 1.165) is 5.69 Å². The van der Waals surface area contributed by atoms with Crippen LogP contribution in [0.25, 0.3) is 0 Å². The fraction of sp³-hybridized carbons (Fsp3) is 0. The van der Waals surface area contributed by atoms with Crippen molar-refractivity contribution in [1.29, 1.82) is 5.26 Å². The summed E-state index contributed by atoms with van der Waals surface area (Å²) in [4.78, 5) is 7.70. The van der Waals surface area contributed by atoms with Gasteiger partial charge in [0.05, 0.1) is 17.8 Å². The standard InChI is InChI=1S/C11H6Cl2N4/c12-9-6-15-11(13)17-10(9)16-8-3-1-7(5-14)2-4-8/h1-4,6H,(H,15,16,17). The van der Waals surface area contributed by atoms with E-state index in [0.29, 0.717) is 16.4 Å². The lowest BCUT2D eigenvalue weighted by molar-refractivity contribution is 1.17. The quantitative estimate of drug-likeness (QED) is 0.845. The first-order valence-electron chi connectivity index (χ1n) is 4.64. The molecular formula is C11H6Cl2N4. The number of hydrogen-bond donors (Lipinski definition) is 1. The second-order valence-electron chi connectivity index (χ2n) is 3.15. The Labute approximate surface area is 108 Å². The molecule has 4 nitrogen and oxygen atoms in total. The molecule has 0 saturated carbocycles. The van der Waals surface area contributed by atoms with Crippen LogP contribution in [0.4, 0.5) is 11.5 Å². The Balaban J connectivity index is 2.25. The van der Waals surface area contributed by atoms with E-state index in [1.54, 1.807) is 24.3 Å². The molecule has 1 N–H and O–H groups in total.